The number of nitrogens with two attached hydrogens (primary N) is 1. The highest BCUT2D eigenvalue weighted by molar-refractivity contribution is 6.44. The molecule has 3 N–H and O–H groups in total. The van der Waals surface area contributed by atoms with Gasteiger partial charge in [-0.2, -0.15) is 0 Å². The molecule has 82 valence electrons. The molecule has 0 radical (unpaired) electrons. The molecule has 1 aromatic rings. The second-order valence-corrected chi connectivity index (χ2v) is 3.70. The van der Waals surface area contributed by atoms with Crippen LogP contribution in [0.3, 0.4) is 0 Å². The summed E-state index contributed by atoms with van der Waals surface area (Å²) < 4.78 is 0. The van der Waals surface area contributed by atoms with Gasteiger partial charge in [-0.3, -0.25) is 4.90 Å². The van der Waals surface area contributed by atoms with Crippen molar-refractivity contribution in [1.82, 2.24) is 0 Å². The topological polar surface area (TPSA) is 66.6 Å². The number of halogens is 2. The number of amides is 2. The number of benzene rings is 1. The van der Waals surface area contributed by atoms with Gasteiger partial charge in [0.1, 0.15) is 6.23 Å². The van der Waals surface area contributed by atoms with Gasteiger partial charge in [-0.1, -0.05) is 29.3 Å². The number of primary amides is 1. The van der Waals surface area contributed by atoms with Gasteiger partial charge < -0.3 is 10.8 Å². The summed E-state index contributed by atoms with van der Waals surface area (Å²) in [7, 11) is 0. The molecule has 1 rings (SSSR count). The van der Waals surface area contributed by atoms with Gasteiger partial charge in [-0.15, -0.1) is 0 Å². The molecule has 1 atom stereocenters. The number of hydrogen-bond acceptors (Lipinski definition) is 2. The van der Waals surface area contributed by atoms with E-state index in [1.54, 1.807) is 18.2 Å². The fourth-order valence-electron chi connectivity index (χ4n) is 1.18. The second kappa shape index (κ2) is 4.70. The van der Waals surface area contributed by atoms with E-state index >= 15 is 0 Å². The van der Waals surface area contributed by atoms with E-state index in [0.29, 0.717) is 5.02 Å². The first-order chi connectivity index (χ1) is 6.95. The van der Waals surface area contributed by atoms with Gasteiger partial charge in [0.2, 0.25) is 0 Å². The van der Waals surface area contributed by atoms with Gasteiger partial charge in [-0.05, 0) is 19.1 Å². The minimum atomic E-state index is -1.07. The van der Waals surface area contributed by atoms with E-state index in [2.05, 4.69) is 0 Å². The predicted molar refractivity (Wildman–Crippen MR) is 60.2 cm³/mol. The average molecular weight is 249 g/mol. The van der Waals surface area contributed by atoms with Crippen LogP contribution in [-0.2, 0) is 0 Å². The lowest BCUT2D eigenvalue weighted by molar-refractivity contribution is 0.186. The van der Waals surface area contributed by atoms with Crippen molar-refractivity contribution >= 4 is 34.9 Å². The number of carbonyl (C=O) groups excluding carboxylic acids is 1. The maximum Gasteiger partial charge on any atom is 0.321 e. The van der Waals surface area contributed by atoms with Crippen LogP contribution in [0, 0.1) is 0 Å². The SMILES string of the molecule is CC(O)N(C(N)=O)c1cccc(Cl)c1Cl. The molecule has 4 nitrogen and oxygen atoms in total. The summed E-state index contributed by atoms with van der Waals surface area (Å²) in [6.45, 7) is 1.40. The van der Waals surface area contributed by atoms with Crippen molar-refractivity contribution in [3.05, 3.63) is 28.2 Å². The lowest BCUT2D eigenvalue weighted by atomic mass is 10.3. The Morgan fingerprint density at radius 2 is 2.13 bits per heavy atom. The summed E-state index contributed by atoms with van der Waals surface area (Å²) in [5, 5.41) is 9.85. The average Bonchev–Trinajstić information content (AvgIpc) is 2.11. The molecule has 0 aliphatic heterocycles. The van der Waals surface area contributed by atoms with Crippen LogP contribution in [0.15, 0.2) is 18.2 Å². The molecule has 6 heteroatoms. The van der Waals surface area contributed by atoms with E-state index in [4.69, 9.17) is 28.9 Å². The summed E-state index contributed by atoms with van der Waals surface area (Å²) in [4.78, 5) is 12.0. The third kappa shape index (κ3) is 2.53. The third-order valence-electron chi connectivity index (χ3n) is 1.80. The van der Waals surface area contributed by atoms with Crippen LogP contribution in [0.5, 0.6) is 0 Å². The number of nitrogens with zero attached hydrogens (tertiary/aromatic N) is 1. The van der Waals surface area contributed by atoms with Crippen molar-refractivity contribution in [3.63, 3.8) is 0 Å². The Morgan fingerprint density at radius 1 is 1.53 bits per heavy atom. The first-order valence-corrected chi connectivity index (χ1v) is 4.91. The lowest BCUT2D eigenvalue weighted by Crippen LogP contribution is -2.42. The van der Waals surface area contributed by atoms with Crippen molar-refractivity contribution in [1.29, 1.82) is 0 Å². The van der Waals surface area contributed by atoms with Crippen LogP contribution in [0.1, 0.15) is 6.92 Å². The summed E-state index contributed by atoms with van der Waals surface area (Å²) in [5.41, 5.74) is 5.40. The van der Waals surface area contributed by atoms with Gasteiger partial charge >= 0.3 is 6.03 Å². The van der Waals surface area contributed by atoms with Crippen molar-refractivity contribution in [3.8, 4) is 0 Å². The highest BCUT2D eigenvalue weighted by Gasteiger charge is 2.20. The zero-order valence-electron chi connectivity index (χ0n) is 7.95. The second-order valence-electron chi connectivity index (χ2n) is 2.91. The van der Waals surface area contributed by atoms with Gasteiger partial charge in [-0.25, -0.2) is 4.79 Å². The molecular formula is C9H10Cl2N2O2. The number of carbonyl (C=O) groups is 1. The van der Waals surface area contributed by atoms with Crippen molar-refractivity contribution < 1.29 is 9.90 Å². The van der Waals surface area contributed by atoms with Crippen LogP contribution in [0.25, 0.3) is 0 Å². The minimum absolute atomic E-state index is 0.180. The Hall–Kier alpha value is -0.970. The summed E-state index contributed by atoms with van der Waals surface area (Å²) in [5.74, 6) is 0. The molecule has 0 aliphatic rings. The molecule has 0 saturated carbocycles. The molecule has 0 heterocycles. The molecule has 0 saturated heterocycles. The molecule has 1 unspecified atom stereocenters. The quantitative estimate of drug-likeness (QED) is 0.789. The van der Waals surface area contributed by atoms with Crippen molar-refractivity contribution in [2.75, 3.05) is 4.90 Å². The number of hydrogen-bond donors (Lipinski definition) is 2. The first-order valence-electron chi connectivity index (χ1n) is 4.16. The molecule has 0 spiro atoms. The van der Waals surface area contributed by atoms with Crippen LogP contribution in [0.4, 0.5) is 10.5 Å². The van der Waals surface area contributed by atoms with Crippen molar-refractivity contribution in [2.24, 2.45) is 5.73 Å². The highest BCUT2D eigenvalue weighted by atomic mass is 35.5. The number of rotatable bonds is 2. The number of aliphatic hydroxyl groups excluding tert-OH is 1. The maximum absolute atomic E-state index is 11.1. The van der Waals surface area contributed by atoms with E-state index in [1.165, 1.54) is 6.92 Å². The molecule has 15 heavy (non-hydrogen) atoms. The van der Waals surface area contributed by atoms with E-state index in [0.717, 1.165) is 4.90 Å². The molecule has 0 aliphatic carbocycles. The molecule has 1 aromatic carbocycles. The van der Waals surface area contributed by atoms with Gasteiger partial charge in [0, 0.05) is 0 Å². The monoisotopic (exact) mass is 248 g/mol. The van der Waals surface area contributed by atoms with Crippen LogP contribution in [-0.4, -0.2) is 17.4 Å². The predicted octanol–water partition coefficient (Wildman–Crippen LogP) is 2.22. The molecule has 2 amide bonds. The molecule has 0 fully saturated rings. The van der Waals surface area contributed by atoms with Crippen LogP contribution in [0.2, 0.25) is 10.0 Å². The van der Waals surface area contributed by atoms with Gasteiger partial charge in [0.25, 0.3) is 0 Å². The zero-order valence-corrected chi connectivity index (χ0v) is 9.46. The Bertz CT molecular complexity index is 382. The summed E-state index contributed by atoms with van der Waals surface area (Å²) in [6, 6.07) is 3.94. The van der Waals surface area contributed by atoms with Crippen molar-refractivity contribution in [2.45, 2.75) is 13.2 Å². The summed E-state index contributed by atoms with van der Waals surface area (Å²) in [6.07, 6.45) is -1.07. The number of aliphatic hydroxyl groups is 1. The fraction of sp³-hybridized carbons (Fsp3) is 0.222. The summed E-state index contributed by atoms with van der Waals surface area (Å²) >= 11 is 11.7. The van der Waals surface area contributed by atoms with E-state index in [-0.39, 0.29) is 10.7 Å². The van der Waals surface area contributed by atoms with Gasteiger partial charge in [0.15, 0.2) is 0 Å². The third-order valence-corrected chi connectivity index (χ3v) is 2.61. The molecular weight excluding hydrogens is 239 g/mol. The fourth-order valence-corrected chi connectivity index (χ4v) is 1.57. The molecule has 0 bridgehead atoms. The number of urea groups is 1. The molecule has 0 aromatic heterocycles. The standard InChI is InChI=1S/C9H10Cl2N2O2/c1-5(14)13(9(12)15)7-4-2-3-6(10)8(7)11/h2-5,14H,1H3,(H2,12,15). The lowest BCUT2D eigenvalue weighted by Gasteiger charge is -2.24. The Morgan fingerprint density at radius 3 is 2.60 bits per heavy atom. The van der Waals surface area contributed by atoms with Gasteiger partial charge in [0.05, 0.1) is 15.7 Å². The first kappa shape index (κ1) is 12.1. The normalized spacial score (nSPS) is 12.3. The Balaban J connectivity index is 3.23. The van der Waals surface area contributed by atoms with E-state index in [1.807, 2.05) is 0 Å². The minimum Gasteiger partial charge on any atom is -0.373 e. The Labute approximate surface area is 97.2 Å². The van der Waals surface area contributed by atoms with E-state index < -0.39 is 12.3 Å². The highest BCUT2D eigenvalue weighted by Crippen LogP contribution is 2.32. The van der Waals surface area contributed by atoms with E-state index in [9.17, 15) is 9.90 Å². The number of anilines is 1. The zero-order chi connectivity index (χ0) is 11.6. The smallest absolute Gasteiger partial charge is 0.321 e. The largest absolute Gasteiger partial charge is 0.373 e. The van der Waals surface area contributed by atoms with Crippen LogP contribution < -0.4 is 10.6 Å². The van der Waals surface area contributed by atoms with Crippen LogP contribution >= 0.6 is 23.2 Å². The Kier molecular flexibility index (Phi) is 3.79. The maximum atomic E-state index is 11.1.